The van der Waals surface area contributed by atoms with Crippen molar-refractivity contribution in [3.05, 3.63) is 100 Å². The molecule has 1 N–H and O–H groups in total. The lowest BCUT2D eigenvalue weighted by molar-refractivity contribution is -0.132. The second kappa shape index (κ2) is 11.4. The Bertz CT molecular complexity index is 1110. The van der Waals surface area contributed by atoms with Crippen LogP contribution in [0.4, 0.5) is 14.9 Å². The van der Waals surface area contributed by atoms with E-state index < -0.39 is 0 Å². The molecule has 0 saturated heterocycles. The summed E-state index contributed by atoms with van der Waals surface area (Å²) in [5.74, 6) is -0.523. The highest BCUT2D eigenvalue weighted by molar-refractivity contribution is 7.10. The average molecular weight is 466 g/mol. The number of carbonyl (C=O) groups excluding carboxylic acids is 2. The van der Waals surface area contributed by atoms with Gasteiger partial charge >= 0.3 is 6.03 Å². The minimum Gasteiger partial charge on any atom is -0.332 e. The summed E-state index contributed by atoms with van der Waals surface area (Å²) < 4.78 is 13.4. The zero-order chi connectivity index (χ0) is 23.8. The number of nitrogens with zero attached hydrogens (tertiary/aromatic N) is 2. The normalized spacial score (nSPS) is 10.5. The number of nitrogens with one attached hydrogen (secondary N) is 1. The van der Waals surface area contributed by atoms with E-state index in [0.29, 0.717) is 18.8 Å². The molecule has 3 rings (SSSR count). The van der Waals surface area contributed by atoms with E-state index in [0.717, 1.165) is 21.6 Å². The molecule has 0 aliphatic heterocycles. The molecule has 33 heavy (non-hydrogen) atoms. The molecule has 0 fully saturated rings. The summed E-state index contributed by atoms with van der Waals surface area (Å²) in [6.45, 7) is 8.50. The van der Waals surface area contributed by atoms with Crippen molar-refractivity contribution < 1.29 is 14.0 Å². The van der Waals surface area contributed by atoms with E-state index >= 15 is 0 Å². The summed E-state index contributed by atoms with van der Waals surface area (Å²) in [6.07, 6.45) is 1.60. The van der Waals surface area contributed by atoms with Gasteiger partial charge < -0.3 is 15.1 Å². The first-order chi connectivity index (χ1) is 15.9. The van der Waals surface area contributed by atoms with Gasteiger partial charge in [-0.1, -0.05) is 36.4 Å². The molecule has 0 unspecified atom stereocenters. The van der Waals surface area contributed by atoms with Gasteiger partial charge in [0, 0.05) is 23.7 Å². The molecular weight excluding hydrogens is 437 g/mol. The summed E-state index contributed by atoms with van der Waals surface area (Å²) in [5.41, 5.74) is 3.55. The molecule has 0 aliphatic rings. The SMILES string of the molecule is C=CCN(CC(=O)N(Cc1ccc(F)cc1)Cc1sccc1C)C(=O)Nc1ccccc1C. The number of carbonyl (C=O) groups is 2. The number of thiophene rings is 1. The number of anilines is 1. The molecule has 0 spiro atoms. The quantitative estimate of drug-likeness (QED) is 0.409. The molecule has 2 aromatic carbocycles. The molecule has 0 bridgehead atoms. The van der Waals surface area contributed by atoms with Gasteiger partial charge in [-0.25, -0.2) is 9.18 Å². The first kappa shape index (κ1) is 24.2. The molecule has 3 aromatic rings. The Morgan fingerprint density at radius 1 is 1.00 bits per heavy atom. The number of urea groups is 1. The third-order valence-electron chi connectivity index (χ3n) is 5.29. The Morgan fingerprint density at radius 2 is 1.73 bits per heavy atom. The van der Waals surface area contributed by atoms with Crippen LogP contribution in [0.2, 0.25) is 0 Å². The van der Waals surface area contributed by atoms with Crippen molar-refractivity contribution in [1.82, 2.24) is 9.80 Å². The number of rotatable bonds is 9. The van der Waals surface area contributed by atoms with Crippen LogP contribution in [-0.2, 0) is 17.9 Å². The van der Waals surface area contributed by atoms with Gasteiger partial charge in [-0.3, -0.25) is 4.79 Å². The zero-order valence-corrected chi connectivity index (χ0v) is 19.7. The fourth-order valence-electron chi connectivity index (χ4n) is 3.33. The maximum absolute atomic E-state index is 13.4. The predicted octanol–water partition coefficient (Wildman–Crippen LogP) is 5.75. The third-order valence-corrected chi connectivity index (χ3v) is 6.30. The number of hydrogen-bond donors (Lipinski definition) is 1. The number of aryl methyl sites for hydroxylation is 2. The summed E-state index contributed by atoms with van der Waals surface area (Å²) in [7, 11) is 0. The van der Waals surface area contributed by atoms with Crippen molar-refractivity contribution in [1.29, 1.82) is 0 Å². The number of benzene rings is 2. The van der Waals surface area contributed by atoms with Crippen LogP contribution in [0.25, 0.3) is 0 Å². The van der Waals surface area contributed by atoms with Crippen LogP contribution in [0.15, 0.2) is 72.6 Å². The van der Waals surface area contributed by atoms with Crippen molar-refractivity contribution >= 4 is 29.0 Å². The van der Waals surface area contributed by atoms with Crippen molar-refractivity contribution in [2.24, 2.45) is 0 Å². The number of para-hydroxylation sites is 1. The molecule has 5 nitrogen and oxygen atoms in total. The molecule has 3 amide bonds. The molecule has 1 heterocycles. The molecule has 0 saturated carbocycles. The fraction of sp³-hybridized carbons (Fsp3) is 0.231. The van der Waals surface area contributed by atoms with Gasteiger partial charge in [0.05, 0.1) is 6.54 Å². The molecule has 0 atom stereocenters. The Kier molecular flexibility index (Phi) is 8.38. The van der Waals surface area contributed by atoms with Crippen molar-refractivity contribution in [3.63, 3.8) is 0 Å². The van der Waals surface area contributed by atoms with Gasteiger partial charge in [-0.05, 0) is 60.2 Å². The Balaban J connectivity index is 1.77. The topological polar surface area (TPSA) is 52.7 Å². The van der Waals surface area contributed by atoms with Crippen molar-refractivity contribution in [2.75, 3.05) is 18.4 Å². The third kappa shape index (κ3) is 6.76. The Hall–Kier alpha value is -3.45. The lowest BCUT2D eigenvalue weighted by atomic mass is 10.2. The highest BCUT2D eigenvalue weighted by atomic mass is 32.1. The first-order valence-electron chi connectivity index (χ1n) is 10.6. The molecule has 7 heteroatoms. The van der Waals surface area contributed by atoms with Gasteiger partial charge in [0.1, 0.15) is 12.4 Å². The van der Waals surface area contributed by atoms with Crippen LogP contribution in [0, 0.1) is 19.7 Å². The van der Waals surface area contributed by atoms with Crippen LogP contribution in [-0.4, -0.2) is 34.8 Å². The molecule has 0 aliphatic carbocycles. The van der Waals surface area contributed by atoms with Crippen LogP contribution in [0.3, 0.4) is 0 Å². The largest absolute Gasteiger partial charge is 0.332 e. The van der Waals surface area contributed by atoms with Gasteiger partial charge in [0.2, 0.25) is 5.91 Å². The van der Waals surface area contributed by atoms with Crippen LogP contribution < -0.4 is 5.32 Å². The Morgan fingerprint density at radius 3 is 2.36 bits per heavy atom. The zero-order valence-electron chi connectivity index (χ0n) is 18.9. The van der Waals surface area contributed by atoms with Gasteiger partial charge in [-0.15, -0.1) is 17.9 Å². The van der Waals surface area contributed by atoms with Gasteiger partial charge in [0.15, 0.2) is 0 Å². The monoisotopic (exact) mass is 465 g/mol. The number of hydrogen-bond acceptors (Lipinski definition) is 3. The minimum absolute atomic E-state index is 0.102. The highest BCUT2D eigenvalue weighted by Gasteiger charge is 2.22. The van der Waals surface area contributed by atoms with E-state index in [1.54, 1.807) is 34.4 Å². The van der Waals surface area contributed by atoms with Crippen LogP contribution >= 0.6 is 11.3 Å². The van der Waals surface area contributed by atoms with Crippen LogP contribution in [0.5, 0.6) is 0 Å². The van der Waals surface area contributed by atoms with Crippen molar-refractivity contribution in [3.8, 4) is 0 Å². The molecular formula is C26H28FN3O2S. The molecule has 172 valence electrons. The number of amides is 3. The second-order valence-corrected chi connectivity index (χ2v) is 8.82. The second-order valence-electron chi connectivity index (χ2n) is 7.82. The number of halogens is 1. The van der Waals surface area contributed by atoms with E-state index in [9.17, 15) is 14.0 Å². The van der Waals surface area contributed by atoms with Gasteiger partial charge in [0.25, 0.3) is 0 Å². The summed E-state index contributed by atoms with van der Waals surface area (Å²) in [6, 6.07) is 15.2. The minimum atomic E-state index is -0.369. The van der Waals surface area contributed by atoms with E-state index in [1.165, 1.54) is 17.0 Å². The summed E-state index contributed by atoms with van der Waals surface area (Å²) in [4.78, 5) is 30.5. The van der Waals surface area contributed by atoms with Crippen LogP contribution in [0.1, 0.15) is 21.6 Å². The molecule has 0 radical (unpaired) electrons. The van der Waals surface area contributed by atoms with E-state index in [1.807, 2.05) is 49.6 Å². The first-order valence-corrected chi connectivity index (χ1v) is 11.5. The Labute approximate surface area is 198 Å². The van der Waals surface area contributed by atoms with E-state index in [-0.39, 0.29) is 30.8 Å². The maximum Gasteiger partial charge on any atom is 0.322 e. The van der Waals surface area contributed by atoms with Crippen molar-refractivity contribution in [2.45, 2.75) is 26.9 Å². The predicted molar refractivity (Wildman–Crippen MR) is 132 cm³/mol. The standard InChI is InChI=1S/C26H28FN3O2S/c1-4-14-29(26(32)28-23-8-6-5-7-19(23)2)18-25(31)30(17-24-20(3)13-15-33-24)16-21-9-11-22(27)12-10-21/h4-13,15H,1,14,16-18H2,2-3H3,(H,28,32). The highest BCUT2D eigenvalue weighted by Crippen LogP contribution is 2.20. The van der Waals surface area contributed by atoms with E-state index in [2.05, 4.69) is 11.9 Å². The fourth-order valence-corrected chi connectivity index (χ4v) is 4.25. The average Bonchev–Trinajstić information content (AvgIpc) is 3.20. The lowest BCUT2D eigenvalue weighted by Gasteiger charge is -2.27. The summed E-state index contributed by atoms with van der Waals surface area (Å²) >= 11 is 1.58. The maximum atomic E-state index is 13.4. The van der Waals surface area contributed by atoms with E-state index in [4.69, 9.17) is 0 Å². The van der Waals surface area contributed by atoms with Gasteiger partial charge in [-0.2, -0.15) is 0 Å². The smallest absolute Gasteiger partial charge is 0.322 e. The molecule has 1 aromatic heterocycles. The summed E-state index contributed by atoms with van der Waals surface area (Å²) in [5, 5.41) is 4.87. The lowest BCUT2D eigenvalue weighted by Crippen LogP contribution is -2.44.